The highest BCUT2D eigenvalue weighted by Gasteiger charge is 2.21. The zero-order valence-electron chi connectivity index (χ0n) is 11.5. The van der Waals surface area contributed by atoms with Crippen molar-refractivity contribution in [2.45, 2.75) is 13.0 Å². The Morgan fingerprint density at radius 2 is 1.90 bits per heavy atom. The van der Waals surface area contributed by atoms with E-state index >= 15 is 0 Å². The van der Waals surface area contributed by atoms with Crippen LogP contribution in [-0.2, 0) is 13.0 Å². The molecule has 0 saturated heterocycles. The summed E-state index contributed by atoms with van der Waals surface area (Å²) in [6.07, 6.45) is 1.89. The lowest BCUT2D eigenvalue weighted by Crippen LogP contribution is -2.31. The molecule has 0 spiro atoms. The zero-order valence-corrected chi connectivity index (χ0v) is 11.5. The van der Waals surface area contributed by atoms with Crippen molar-refractivity contribution in [1.29, 1.82) is 0 Å². The van der Waals surface area contributed by atoms with Gasteiger partial charge in [0, 0.05) is 18.7 Å². The van der Waals surface area contributed by atoms with Crippen LogP contribution in [0.5, 0.6) is 5.75 Å². The number of rotatable bonds is 3. The molecule has 0 bridgehead atoms. The largest absolute Gasteiger partial charge is 0.495 e. The van der Waals surface area contributed by atoms with Crippen molar-refractivity contribution in [1.82, 2.24) is 0 Å². The van der Waals surface area contributed by atoms with Crippen LogP contribution in [0.15, 0.2) is 42.5 Å². The highest BCUT2D eigenvalue weighted by molar-refractivity contribution is 5.87. The minimum absolute atomic E-state index is 0.684. The number of para-hydroxylation sites is 1. The van der Waals surface area contributed by atoms with E-state index in [0.717, 1.165) is 37.2 Å². The molecule has 0 unspecified atom stereocenters. The molecule has 0 aromatic heterocycles. The molecule has 0 aliphatic carbocycles. The Hall–Kier alpha value is -2.29. The second-order valence-corrected chi connectivity index (χ2v) is 4.96. The molecule has 2 aromatic rings. The molecule has 1 heterocycles. The molecular weight excluding hydrogens is 250 g/mol. The summed E-state index contributed by atoms with van der Waals surface area (Å²) in [5, 5.41) is 0. The van der Waals surface area contributed by atoms with Crippen LogP contribution in [0.2, 0.25) is 0 Å². The monoisotopic (exact) mass is 267 g/mol. The smallest absolute Gasteiger partial charge is 0.152 e. The van der Waals surface area contributed by atoms with E-state index < -0.39 is 0 Å². The SMILES string of the molecule is COc1cccc(C=O)c1N1CCc2ccccc2C1. The van der Waals surface area contributed by atoms with E-state index in [0.29, 0.717) is 5.56 Å². The van der Waals surface area contributed by atoms with Gasteiger partial charge in [0.25, 0.3) is 0 Å². The minimum atomic E-state index is 0.684. The summed E-state index contributed by atoms with van der Waals surface area (Å²) in [6.45, 7) is 1.72. The third kappa shape index (κ3) is 2.16. The molecule has 20 heavy (non-hydrogen) atoms. The van der Waals surface area contributed by atoms with Crippen molar-refractivity contribution >= 4 is 12.0 Å². The topological polar surface area (TPSA) is 29.5 Å². The number of benzene rings is 2. The number of methoxy groups -OCH3 is 1. The van der Waals surface area contributed by atoms with Gasteiger partial charge >= 0.3 is 0 Å². The molecule has 0 fully saturated rings. The summed E-state index contributed by atoms with van der Waals surface area (Å²) in [4.78, 5) is 13.5. The van der Waals surface area contributed by atoms with E-state index in [9.17, 15) is 4.79 Å². The van der Waals surface area contributed by atoms with Crippen LogP contribution in [-0.4, -0.2) is 19.9 Å². The number of ether oxygens (including phenoxy) is 1. The molecule has 0 radical (unpaired) electrons. The highest BCUT2D eigenvalue weighted by atomic mass is 16.5. The molecule has 2 aromatic carbocycles. The van der Waals surface area contributed by atoms with Gasteiger partial charge in [-0.3, -0.25) is 4.79 Å². The molecule has 1 aliphatic rings. The fraction of sp³-hybridized carbons (Fsp3) is 0.235. The van der Waals surface area contributed by atoms with E-state index in [1.54, 1.807) is 7.11 Å². The minimum Gasteiger partial charge on any atom is -0.495 e. The number of carbonyl (C=O) groups is 1. The van der Waals surface area contributed by atoms with E-state index in [1.165, 1.54) is 11.1 Å². The summed E-state index contributed by atoms with van der Waals surface area (Å²) >= 11 is 0. The van der Waals surface area contributed by atoms with Crippen molar-refractivity contribution in [3.63, 3.8) is 0 Å². The molecule has 0 amide bonds. The lowest BCUT2D eigenvalue weighted by Gasteiger charge is -2.32. The van der Waals surface area contributed by atoms with Crippen LogP contribution < -0.4 is 9.64 Å². The van der Waals surface area contributed by atoms with Crippen molar-refractivity contribution in [3.8, 4) is 5.75 Å². The van der Waals surface area contributed by atoms with Crippen molar-refractivity contribution in [2.24, 2.45) is 0 Å². The van der Waals surface area contributed by atoms with Gasteiger partial charge in [-0.15, -0.1) is 0 Å². The van der Waals surface area contributed by atoms with Crippen LogP contribution in [0, 0.1) is 0 Å². The van der Waals surface area contributed by atoms with Gasteiger partial charge in [0.1, 0.15) is 5.75 Å². The van der Waals surface area contributed by atoms with Crippen molar-refractivity contribution in [2.75, 3.05) is 18.6 Å². The fourth-order valence-electron chi connectivity index (χ4n) is 2.82. The van der Waals surface area contributed by atoms with E-state index in [-0.39, 0.29) is 0 Å². The lowest BCUT2D eigenvalue weighted by molar-refractivity contribution is 0.112. The highest BCUT2D eigenvalue weighted by Crippen LogP contribution is 2.34. The molecule has 3 nitrogen and oxygen atoms in total. The number of fused-ring (bicyclic) bond motifs is 1. The van der Waals surface area contributed by atoms with Crippen LogP contribution in [0.1, 0.15) is 21.5 Å². The summed E-state index contributed by atoms with van der Waals surface area (Å²) < 4.78 is 5.43. The predicted octanol–water partition coefficient (Wildman–Crippen LogP) is 3.07. The Kier molecular flexibility index (Phi) is 3.42. The summed E-state index contributed by atoms with van der Waals surface area (Å²) in [6, 6.07) is 14.1. The molecule has 0 atom stereocenters. The third-order valence-electron chi connectivity index (χ3n) is 3.82. The van der Waals surface area contributed by atoms with Gasteiger partial charge in [-0.05, 0) is 29.7 Å². The standard InChI is InChI=1S/C17H17NO2/c1-20-16-8-4-7-15(12-19)17(16)18-10-9-13-5-2-3-6-14(13)11-18/h2-8,12H,9-11H2,1H3. The Morgan fingerprint density at radius 1 is 1.10 bits per heavy atom. The maximum absolute atomic E-state index is 11.3. The van der Waals surface area contributed by atoms with Gasteiger partial charge in [-0.2, -0.15) is 0 Å². The molecule has 102 valence electrons. The third-order valence-corrected chi connectivity index (χ3v) is 3.82. The number of aldehydes is 1. The summed E-state index contributed by atoms with van der Waals surface area (Å²) in [5.41, 5.74) is 4.30. The first kappa shape index (κ1) is 12.7. The number of anilines is 1. The maximum Gasteiger partial charge on any atom is 0.152 e. The van der Waals surface area contributed by atoms with Gasteiger partial charge in [-0.1, -0.05) is 30.3 Å². The van der Waals surface area contributed by atoms with Crippen LogP contribution in [0.25, 0.3) is 0 Å². The second-order valence-electron chi connectivity index (χ2n) is 4.96. The Balaban J connectivity index is 2.01. The lowest BCUT2D eigenvalue weighted by atomic mass is 9.98. The quantitative estimate of drug-likeness (QED) is 0.800. The predicted molar refractivity (Wildman–Crippen MR) is 79.6 cm³/mol. The average Bonchev–Trinajstić information content (AvgIpc) is 2.53. The zero-order chi connectivity index (χ0) is 13.9. The van der Waals surface area contributed by atoms with Crippen molar-refractivity contribution < 1.29 is 9.53 Å². The van der Waals surface area contributed by atoms with Gasteiger partial charge in [-0.25, -0.2) is 0 Å². The summed E-state index contributed by atoms with van der Waals surface area (Å²) in [5.74, 6) is 0.758. The first-order valence-corrected chi connectivity index (χ1v) is 6.77. The Bertz CT molecular complexity index is 637. The van der Waals surface area contributed by atoms with Crippen LogP contribution in [0.3, 0.4) is 0 Å². The van der Waals surface area contributed by atoms with Crippen molar-refractivity contribution in [3.05, 3.63) is 59.2 Å². The molecular formula is C17H17NO2. The number of hydrogen-bond acceptors (Lipinski definition) is 3. The second kappa shape index (κ2) is 5.37. The van der Waals surface area contributed by atoms with Gasteiger partial charge in [0.05, 0.1) is 12.8 Å². The maximum atomic E-state index is 11.3. The fourth-order valence-corrected chi connectivity index (χ4v) is 2.82. The Morgan fingerprint density at radius 3 is 2.65 bits per heavy atom. The Labute approximate surface area is 118 Å². The van der Waals surface area contributed by atoms with Gasteiger partial charge in [0.15, 0.2) is 6.29 Å². The van der Waals surface area contributed by atoms with E-state index in [4.69, 9.17) is 4.74 Å². The number of carbonyl (C=O) groups excluding carboxylic acids is 1. The molecule has 3 heteroatoms. The first-order valence-electron chi connectivity index (χ1n) is 6.77. The summed E-state index contributed by atoms with van der Waals surface area (Å²) in [7, 11) is 1.64. The molecule has 3 rings (SSSR count). The van der Waals surface area contributed by atoms with Gasteiger partial charge < -0.3 is 9.64 Å². The van der Waals surface area contributed by atoms with Crippen LogP contribution >= 0.6 is 0 Å². The molecule has 0 saturated carbocycles. The first-order chi connectivity index (χ1) is 9.83. The molecule has 1 aliphatic heterocycles. The van der Waals surface area contributed by atoms with Gasteiger partial charge in [0.2, 0.25) is 0 Å². The van der Waals surface area contributed by atoms with E-state index in [2.05, 4.69) is 29.2 Å². The normalized spacial score (nSPS) is 13.8. The number of nitrogens with zero attached hydrogens (tertiary/aromatic N) is 1. The average molecular weight is 267 g/mol. The molecule has 0 N–H and O–H groups in total. The van der Waals surface area contributed by atoms with Crippen LogP contribution in [0.4, 0.5) is 5.69 Å². The number of hydrogen-bond donors (Lipinski definition) is 0. The van der Waals surface area contributed by atoms with E-state index in [1.807, 2.05) is 18.2 Å².